The van der Waals surface area contributed by atoms with Crippen molar-refractivity contribution in [2.45, 2.75) is 78.3 Å². The van der Waals surface area contributed by atoms with Crippen LogP contribution in [0, 0.1) is 13.8 Å². The number of fused-ring (bicyclic) bond motifs is 2. The minimum atomic E-state index is -0.485. The van der Waals surface area contributed by atoms with Crippen LogP contribution in [0.2, 0.25) is 0 Å². The normalized spacial score (nSPS) is 20.0. The summed E-state index contributed by atoms with van der Waals surface area (Å²) in [5.41, 5.74) is 8.72. The first kappa shape index (κ1) is 29.6. The summed E-state index contributed by atoms with van der Waals surface area (Å²) >= 11 is 0. The van der Waals surface area contributed by atoms with Crippen molar-refractivity contribution in [2.24, 2.45) is 0 Å². The smallest absolute Gasteiger partial charge is 0.259 e. The molecule has 0 saturated heterocycles. The average Bonchev–Trinajstić information content (AvgIpc) is 2.96. The zero-order chi connectivity index (χ0) is 31.6. The van der Waals surface area contributed by atoms with Gasteiger partial charge in [0, 0.05) is 33.3 Å². The Morgan fingerprint density at radius 3 is 1.77 bits per heavy atom. The molecule has 1 atom stereocenters. The number of aryl methyl sites for hydroxylation is 2. The minimum absolute atomic E-state index is 0.00614. The maximum atomic E-state index is 14.0. The Balaban J connectivity index is 1.46. The molecular formula is C40H42N2O2. The highest BCUT2D eigenvalue weighted by molar-refractivity contribution is 6.10. The third-order valence-corrected chi connectivity index (χ3v) is 9.58. The van der Waals surface area contributed by atoms with Crippen LogP contribution in [0.5, 0.6) is 0 Å². The third-order valence-electron chi connectivity index (χ3n) is 9.58. The van der Waals surface area contributed by atoms with E-state index in [0.29, 0.717) is 11.1 Å². The topological polar surface area (TPSA) is 40.6 Å². The number of anilines is 2. The van der Waals surface area contributed by atoms with Crippen molar-refractivity contribution in [1.82, 2.24) is 0 Å². The maximum Gasteiger partial charge on any atom is 0.259 e. The zero-order valence-corrected chi connectivity index (χ0v) is 27.2. The fraction of sp³-hybridized carbons (Fsp3) is 0.300. The molecule has 0 spiro atoms. The molecular weight excluding hydrogens is 540 g/mol. The van der Waals surface area contributed by atoms with Crippen LogP contribution >= 0.6 is 0 Å². The van der Waals surface area contributed by atoms with Crippen LogP contribution in [0.4, 0.5) is 11.4 Å². The molecule has 2 heterocycles. The van der Waals surface area contributed by atoms with Crippen LogP contribution in [0.25, 0.3) is 5.57 Å². The lowest BCUT2D eigenvalue weighted by Gasteiger charge is -2.51. The van der Waals surface area contributed by atoms with Gasteiger partial charge in [0.25, 0.3) is 11.8 Å². The van der Waals surface area contributed by atoms with Gasteiger partial charge >= 0.3 is 0 Å². The van der Waals surface area contributed by atoms with Crippen LogP contribution in [0.15, 0.2) is 97.1 Å². The van der Waals surface area contributed by atoms with Crippen molar-refractivity contribution in [2.75, 3.05) is 9.80 Å². The second kappa shape index (κ2) is 10.3. The highest BCUT2D eigenvalue weighted by atomic mass is 16.2. The molecule has 224 valence electrons. The maximum absolute atomic E-state index is 14.0. The Labute approximate surface area is 262 Å². The number of hydrogen-bond acceptors (Lipinski definition) is 2. The summed E-state index contributed by atoms with van der Waals surface area (Å²) in [5.74, 6) is 0.00887. The molecule has 0 aliphatic carbocycles. The van der Waals surface area contributed by atoms with E-state index in [1.165, 1.54) is 5.56 Å². The van der Waals surface area contributed by atoms with Gasteiger partial charge in [-0.3, -0.25) is 14.5 Å². The van der Waals surface area contributed by atoms with E-state index in [1.54, 1.807) is 0 Å². The lowest BCUT2D eigenvalue weighted by Crippen LogP contribution is -2.56. The van der Waals surface area contributed by atoms with E-state index >= 15 is 0 Å². The molecule has 0 radical (unpaired) electrons. The summed E-state index contributed by atoms with van der Waals surface area (Å²) in [6.07, 6.45) is 2.95. The standard InChI is InChI=1S/C40H42N2O2/c1-26-13-17-29(18-14-26)36(43)41-34-22-21-31(23-32(34)28(3)24-38(41,4)5)40(8)25-39(6,7)42(35-12-10-9-11-33(35)40)37(44)30-19-15-27(2)16-20-30/h9-24H,25H2,1-8H3/t40-/m0/s1. The van der Waals surface area contributed by atoms with Gasteiger partial charge in [0.15, 0.2) is 0 Å². The molecule has 2 amide bonds. The largest absolute Gasteiger partial charge is 0.302 e. The summed E-state index contributed by atoms with van der Waals surface area (Å²) in [7, 11) is 0. The summed E-state index contributed by atoms with van der Waals surface area (Å²) in [5, 5.41) is 0. The molecule has 0 saturated carbocycles. The number of nitrogens with zero attached hydrogens (tertiary/aromatic N) is 2. The molecule has 44 heavy (non-hydrogen) atoms. The summed E-state index contributed by atoms with van der Waals surface area (Å²) < 4.78 is 0. The Morgan fingerprint density at radius 1 is 0.636 bits per heavy atom. The second-order valence-corrected chi connectivity index (χ2v) is 14.1. The lowest BCUT2D eigenvalue weighted by molar-refractivity contribution is 0.0946. The van der Waals surface area contributed by atoms with Gasteiger partial charge in [0.1, 0.15) is 0 Å². The number of carbonyl (C=O) groups excluding carboxylic acids is 2. The molecule has 0 unspecified atom stereocenters. The highest BCUT2D eigenvalue weighted by Gasteiger charge is 2.48. The van der Waals surface area contributed by atoms with Gasteiger partial charge in [-0.25, -0.2) is 0 Å². The summed E-state index contributed by atoms with van der Waals surface area (Å²) in [6.45, 7) is 17.0. The van der Waals surface area contributed by atoms with Crippen molar-refractivity contribution in [3.8, 4) is 0 Å². The Hall–Kier alpha value is -4.44. The fourth-order valence-corrected chi connectivity index (χ4v) is 7.54. The van der Waals surface area contributed by atoms with Gasteiger partial charge in [0.2, 0.25) is 0 Å². The van der Waals surface area contributed by atoms with Crippen molar-refractivity contribution < 1.29 is 9.59 Å². The van der Waals surface area contributed by atoms with E-state index in [-0.39, 0.29) is 17.2 Å². The Kier molecular flexibility index (Phi) is 6.96. The van der Waals surface area contributed by atoms with E-state index < -0.39 is 11.1 Å². The molecule has 2 aliphatic rings. The molecule has 0 aromatic heterocycles. The molecule has 0 N–H and O–H groups in total. The lowest BCUT2D eigenvalue weighted by atomic mass is 9.64. The van der Waals surface area contributed by atoms with Crippen LogP contribution in [0.1, 0.15) is 96.5 Å². The fourth-order valence-electron chi connectivity index (χ4n) is 7.54. The van der Waals surface area contributed by atoms with Gasteiger partial charge in [0.05, 0.1) is 11.2 Å². The monoisotopic (exact) mass is 582 g/mol. The van der Waals surface area contributed by atoms with E-state index in [9.17, 15) is 9.59 Å². The number of amides is 2. The minimum Gasteiger partial charge on any atom is -0.302 e. The summed E-state index contributed by atoms with van der Waals surface area (Å²) in [6, 6.07) is 30.6. The zero-order valence-electron chi connectivity index (χ0n) is 27.2. The number of para-hydroxylation sites is 1. The number of hydrogen-bond donors (Lipinski definition) is 0. The number of benzene rings is 4. The second-order valence-electron chi connectivity index (χ2n) is 14.1. The van der Waals surface area contributed by atoms with Crippen molar-refractivity contribution in [3.05, 3.63) is 136 Å². The first-order valence-corrected chi connectivity index (χ1v) is 15.5. The predicted molar refractivity (Wildman–Crippen MR) is 182 cm³/mol. The van der Waals surface area contributed by atoms with Gasteiger partial charge in [-0.15, -0.1) is 0 Å². The van der Waals surface area contributed by atoms with Crippen LogP contribution in [-0.4, -0.2) is 22.9 Å². The number of rotatable bonds is 3. The SMILES string of the molecule is CC1=CC(C)(C)N(C(=O)c2ccc(C)cc2)c2ccc([C@]3(C)CC(C)(C)N(C(=O)c4ccc(C)cc4)c4ccccc43)cc21. The van der Waals surface area contributed by atoms with E-state index in [2.05, 4.69) is 84.0 Å². The first-order chi connectivity index (χ1) is 20.7. The van der Waals surface area contributed by atoms with Gasteiger partial charge in [-0.2, -0.15) is 0 Å². The van der Waals surface area contributed by atoms with Crippen LogP contribution < -0.4 is 9.80 Å². The number of allylic oxidation sites excluding steroid dienone is 1. The van der Waals surface area contributed by atoms with Crippen LogP contribution in [0.3, 0.4) is 0 Å². The summed E-state index contributed by atoms with van der Waals surface area (Å²) in [4.78, 5) is 32.0. The molecule has 4 aromatic rings. The average molecular weight is 583 g/mol. The molecule has 6 rings (SSSR count). The highest BCUT2D eigenvalue weighted by Crippen LogP contribution is 2.52. The van der Waals surface area contributed by atoms with E-state index in [4.69, 9.17) is 0 Å². The molecule has 0 bridgehead atoms. The number of carbonyl (C=O) groups is 2. The van der Waals surface area contributed by atoms with Gasteiger partial charge in [-0.1, -0.05) is 72.7 Å². The molecule has 4 heteroatoms. The molecule has 4 nitrogen and oxygen atoms in total. The van der Waals surface area contributed by atoms with Crippen LogP contribution in [-0.2, 0) is 5.41 Å². The molecule has 4 aromatic carbocycles. The Morgan fingerprint density at radius 2 is 1.18 bits per heavy atom. The Bertz CT molecular complexity index is 1810. The van der Waals surface area contributed by atoms with Gasteiger partial charge in [-0.05, 0) is 114 Å². The van der Waals surface area contributed by atoms with Crippen molar-refractivity contribution in [3.63, 3.8) is 0 Å². The van der Waals surface area contributed by atoms with Crippen molar-refractivity contribution in [1.29, 1.82) is 0 Å². The quantitative estimate of drug-likeness (QED) is 0.242. The predicted octanol–water partition coefficient (Wildman–Crippen LogP) is 9.28. The van der Waals surface area contributed by atoms with Crippen molar-refractivity contribution >= 4 is 28.8 Å². The van der Waals surface area contributed by atoms with Gasteiger partial charge < -0.3 is 4.90 Å². The first-order valence-electron chi connectivity index (χ1n) is 15.5. The molecule has 0 fully saturated rings. The molecule has 2 aliphatic heterocycles. The van der Waals surface area contributed by atoms with E-state index in [1.807, 2.05) is 78.2 Å². The van der Waals surface area contributed by atoms with E-state index in [0.717, 1.165) is 45.6 Å². The third kappa shape index (κ3) is 4.77.